The summed E-state index contributed by atoms with van der Waals surface area (Å²) in [5.74, 6) is -1.11. The molecule has 0 radical (unpaired) electrons. The quantitative estimate of drug-likeness (QED) is 0.518. The molecule has 0 saturated carbocycles. The van der Waals surface area contributed by atoms with Crippen LogP contribution >= 0.6 is 0 Å². The number of aliphatic hydroxyl groups is 1. The molecule has 1 N–H and O–H groups in total. The zero-order chi connectivity index (χ0) is 13.4. The van der Waals surface area contributed by atoms with E-state index in [-0.39, 0.29) is 17.5 Å². The van der Waals surface area contributed by atoms with E-state index in [2.05, 4.69) is 0 Å². The predicted molar refractivity (Wildman–Crippen MR) is 64.2 cm³/mol. The number of allylic oxidation sites excluding steroid dienone is 2. The lowest BCUT2D eigenvalue weighted by Crippen LogP contribution is -2.14. The van der Waals surface area contributed by atoms with Crippen molar-refractivity contribution < 1.29 is 18.7 Å². The lowest BCUT2D eigenvalue weighted by atomic mass is 9.94. The normalized spacial score (nSPS) is 14.4. The molecule has 0 aliphatic heterocycles. The van der Waals surface area contributed by atoms with Gasteiger partial charge in [-0.2, -0.15) is 0 Å². The van der Waals surface area contributed by atoms with Crippen LogP contribution in [0.1, 0.15) is 46.5 Å². The second-order valence-electron chi connectivity index (χ2n) is 4.22. The molecule has 0 rings (SSSR count). The molecule has 0 fully saturated rings. The Morgan fingerprint density at radius 2 is 1.59 bits per heavy atom. The molecule has 2 nitrogen and oxygen atoms in total. The number of halogens is 2. The largest absolute Gasteiger partial charge is 0.512 e. The van der Waals surface area contributed by atoms with Gasteiger partial charge in [0.1, 0.15) is 0 Å². The molecule has 0 spiro atoms. The van der Waals surface area contributed by atoms with E-state index >= 15 is 0 Å². The minimum atomic E-state index is -2.46. The summed E-state index contributed by atoms with van der Waals surface area (Å²) in [6, 6.07) is 0. The van der Waals surface area contributed by atoms with Crippen molar-refractivity contribution >= 4 is 5.78 Å². The van der Waals surface area contributed by atoms with E-state index in [9.17, 15) is 18.7 Å². The van der Waals surface area contributed by atoms with Gasteiger partial charge in [0.15, 0.2) is 5.78 Å². The Balaban J connectivity index is 4.63. The van der Waals surface area contributed by atoms with Crippen LogP contribution in [0.2, 0.25) is 0 Å². The van der Waals surface area contributed by atoms with E-state index < -0.39 is 18.8 Å². The monoisotopic (exact) mass is 248 g/mol. The highest BCUT2D eigenvalue weighted by atomic mass is 19.3. The first-order valence-corrected chi connectivity index (χ1v) is 6.18. The highest BCUT2D eigenvalue weighted by molar-refractivity contribution is 5.92. The Kier molecular flexibility index (Phi) is 7.75. The Bertz CT molecular complexity index is 258. The van der Waals surface area contributed by atoms with Crippen molar-refractivity contribution in [2.45, 2.75) is 52.9 Å². The van der Waals surface area contributed by atoms with Gasteiger partial charge in [0.05, 0.1) is 5.76 Å². The number of aliphatic hydroxyl groups excluding tert-OH is 1. The third-order valence-corrected chi connectivity index (χ3v) is 3.05. The van der Waals surface area contributed by atoms with Crippen molar-refractivity contribution in [3.05, 3.63) is 11.8 Å². The lowest BCUT2D eigenvalue weighted by molar-refractivity contribution is -0.118. The van der Waals surface area contributed by atoms with Gasteiger partial charge >= 0.3 is 0 Å². The first-order chi connectivity index (χ1) is 7.96. The number of carbonyl (C=O) groups is 1. The Hall–Kier alpha value is -0.930. The fourth-order valence-corrected chi connectivity index (χ4v) is 1.78. The fourth-order valence-electron chi connectivity index (χ4n) is 1.78. The van der Waals surface area contributed by atoms with Gasteiger partial charge in [0, 0.05) is 24.3 Å². The number of alkyl halides is 2. The van der Waals surface area contributed by atoms with Gasteiger partial charge in [-0.25, -0.2) is 8.78 Å². The Morgan fingerprint density at radius 3 is 1.94 bits per heavy atom. The minimum Gasteiger partial charge on any atom is -0.512 e. The average Bonchev–Trinajstić information content (AvgIpc) is 2.26. The van der Waals surface area contributed by atoms with Crippen LogP contribution in [0.25, 0.3) is 0 Å². The summed E-state index contributed by atoms with van der Waals surface area (Å²) in [5.41, 5.74) is 0. The first kappa shape index (κ1) is 16.1. The molecule has 0 amide bonds. The summed E-state index contributed by atoms with van der Waals surface area (Å²) in [4.78, 5) is 11.7. The minimum absolute atomic E-state index is 0.124. The van der Waals surface area contributed by atoms with Crippen molar-refractivity contribution in [2.75, 3.05) is 0 Å². The molecule has 0 aliphatic rings. The first-order valence-electron chi connectivity index (χ1n) is 6.18. The molecular formula is C13H22F2O2. The van der Waals surface area contributed by atoms with E-state index in [1.807, 2.05) is 13.8 Å². The van der Waals surface area contributed by atoms with Crippen molar-refractivity contribution in [2.24, 2.45) is 11.8 Å². The van der Waals surface area contributed by atoms with Crippen LogP contribution < -0.4 is 0 Å². The van der Waals surface area contributed by atoms with Gasteiger partial charge in [-0.05, 0) is 19.3 Å². The smallest absolute Gasteiger partial charge is 0.239 e. The average molecular weight is 248 g/mol. The molecule has 0 heterocycles. The lowest BCUT2D eigenvalue weighted by Gasteiger charge is -2.14. The van der Waals surface area contributed by atoms with E-state index in [4.69, 9.17) is 0 Å². The number of hydrogen-bond donors (Lipinski definition) is 1. The molecule has 1 unspecified atom stereocenters. The third-order valence-electron chi connectivity index (χ3n) is 3.05. The number of hydrogen-bond acceptors (Lipinski definition) is 2. The predicted octanol–water partition coefficient (Wildman–Crippen LogP) is 4.12. The number of rotatable bonds is 8. The summed E-state index contributed by atoms with van der Waals surface area (Å²) >= 11 is 0. The second-order valence-corrected chi connectivity index (χ2v) is 4.22. The van der Waals surface area contributed by atoms with Gasteiger partial charge in [0.2, 0.25) is 6.43 Å². The zero-order valence-electron chi connectivity index (χ0n) is 10.7. The number of carbonyl (C=O) groups excluding carboxylic acids is 1. The van der Waals surface area contributed by atoms with Crippen molar-refractivity contribution in [1.29, 1.82) is 0 Å². The molecule has 17 heavy (non-hydrogen) atoms. The highest BCUT2D eigenvalue weighted by Gasteiger charge is 2.20. The van der Waals surface area contributed by atoms with Crippen LogP contribution in [0.5, 0.6) is 0 Å². The maximum atomic E-state index is 12.2. The Labute approximate surface area is 102 Å². The van der Waals surface area contributed by atoms with Crippen molar-refractivity contribution in [3.63, 3.8) is 0 Å². The molecule has 100 valence electrons. The molecule has 0 aliphatic carbocycles. The molecule has 0 aromatic carbocycles. The highest BCUT2D eigenvalue weighted by Crippen LogP contribution is 2.22. The van der Waals surface area contributed by atoms with Gasteiger partial charge in [0.25, 0.3) is 0 Å². The van der Waals surface area contributed by atoms with Gasteiger partial charge in [-0.3, -0.25) is 4.79 Å². The van der Waals surface area contributed by atoms with Crippen molar-refractivity contribution in [1.82, 2.24) is 0 Å². The van der Waals surface area contributed by atoms with Gasteiger partial charge in [-0.1, -0.05) is 20.8 Å². The summed E-state index contributed by atoms with van der Waals surface area (Å²) in [6.45, 7) is 5.51. The second kappa shape index (κ2) is 8.20. The molecule has 0 saturated heterocycles. The van der Waals surface area contributed by atoms with E-state index in [0.29, 0.717) is 19.3 Å². The molecule has 0 aromatic rings. The van der Waals surface area contributed by atoms with Crippen LogP contribution in [0, 0.1) is 11.8 Å². The third kappa shape index (κ3) is 5.80. The SMILES string of the molecule is CCC(CC)C(=O)C=C(O)C(CC)CC(F)F. The van der Waals surface area contributed by atoms with E-state index in [1.165, 1.54) is 0 Å². The van der Waals surface area contributed by atoms with Crippen LogP contribution in [0.15, 0.2) is 11.8 Å². The molecular weight excluding hydrogens is 226 g/mol. The zero-order valence-corrected chi connectivity index (χ0v) is 10.7. The van der Waals surface area contributed by atoms with Crippen LogP contribution in [0.4, 0.5) is 8.78 Å². The molecule has 1 atom stereocenters. The Morgan fingerprint density at radius 1 is 1.12 bits per heavy atom. The van der Waals surface area contributed by atoms with Gasteiger partial charge in [-0.15, -0.1) is 0 Å². The van der Waals surface area contributed by atoms with E-state index in [0.717, 1.165) is 6.08 Å². The standard InChI is InChI=1S/C13H22F2O2/c1-4-9(5-2)11(16)8-12(17)10(6-3)7-13(14)15/h8-10,13,17H,4-7H2,1-3H3. The van der Waals surface area contributed by atoms with Crippen LogP contribution in [-0.4, -0.2) is 17.3 Å². The summed E-state index contributed by atoms with van der Waals surface area (Å²) in [5, 5.41) is 9.68. The molecule has 0 bridgehead atoms. The van der Waals surface area contributed by atoms with Crippen LogP contribution in [-0.2, 0) is 4.79 Å². The molecule has 4 heteroatoms. The van der Waals surface area contributed by atoms with E-state index in [1.54, 1.807) is 6.92 Å². The summed E-state index contributed by atoms with van der Waals surface area (Å²) in [7, 11) is 0. The maximum Gasteiger partial charge on any atom is 0.239 e. The van der Waals surface area contributed by atoms with Crippen LogP contribution in [0.3, 0.4) is 0 Å². The maximum absolute atomic E-state index is 12.2. The summed E-state index contributed by atoms with van der Waals surface area (Å²) in [6.07, 6.45) is 0.0838. The van der Waals surface area contributed by atoms with Crippen molar-refractivity contribution in [3.8, 4) is 0 Å². The fraction of sp³-hybridized carbons (Fsp3) is 0.769. The number of ketones is 1. The van der Waals surface area contributed by atoms with Gasteiger partial charge < -0.3 is 5.11 Å². The summed E-state index contributed by atoms with van der Waals surface area (Å²) < 4.78 is 24.5. The topological polar surface area (TPSA) is 37.3 Å². The molecule has 0 aromatic heterocycles.